The number of carboxylic acids is 1. The predicted octanol–water partition coefficient (Wildman–Crippen LogP) is 2.39. The Morgan fingerprint density at radius 3 is 2.18 bits per heavy atom. The average molecular weight is 285 g/mol. The van der Waals surface area contributed by atoms with Crippen molar-refractivity contribution < 1.29 is 9.90 Å². The van der Waals surface area contributed by atoms with Crippen LogP contribution < -0.4 is 0 Å². The molecule has 2 nitrogen and oxygen atoms in total. The molecule has 0 aliphatic heterocycles. The van der Waals surface area contributed by atoms with Gasteiger partial charge in [-0.3, -0.25) is 0 Å². The minimum atomic E-state index is -1.72. The SMILES string of the molecule is Cl.[CH3][Sn]([CH3])([CH3])[CH2]/C=C/C(=O)O. The fraction of sp³-hybridized carbons (Fsp3) is 0.571. The van der Waals surface area contributed by atoms with Gasteiger partial charge >= 0.3 is 65.7 Å². The first-order valence-corrected chi connectivity index (χ1v) is 13.9. The van der Waals surface area contributed by atoms with E-state index in [-0.39, 0.29) is 12.4 Å². The number of hydrogen-bond donors (Lipinski definition) is 1. The third-order valence-corrected chi connectivity index (χ3v) is 5.16. The number of hydrogen-bond acceptors (Lipinski definition) is 1. The van der Waals surface area contributed by atoms with Gasteiger partial charge in [0.15, 0.2) is 0 Å². The monoisotopic (exact) mass is 286 g/mol. The van der Waals surface area contributed by atoms with Crippen molar-refractivity contribution in [2.24, 2.45) is 0 Å². The van der Waals surface area contributed by atoms with Crippen LogP contribution in [0.2, 0.25) is 19.3 Å². The van der Waals surface area contributed by atoms with E-state index in [2.05, 4.69) is 14.8 Å². The Morgan fingerprint density at radius 1 is 1.45 bits per heavy atom. The molecule has 0 aromatic heterocycles. The number of carbonyl (C=O) groups is 1. The van der Waals surface area contributed by atoms with E-state index in [9.17, 15) is 4.79 Å². The molecular formula is C7H15ClO2Sn. The van der Waals surface area contributed by atoms with Crippen molar-refractivity contribution >= 4 is 36.8 Å². The van der Waals surface area contributed by atoms with Gasteiger partial charge in [0.25, 0.3) is 0 Å². The predicted molar refractivity (Wildman–Crippen MR) is 52.2 cm³/mol. The summed E-state index contributed by atoms with van der Waals surface area (Å²) in [6.45, 7) is 0. The first kappa shape index (κ1) is 13.9. The van der Waals surface area contributed by atoms with Crippen molar-refractivity contribution in [3.8, 4) is 0 Å². The molecule has 0 aromatic carbocycles. The van der Waals surface area contributed by atoms with Crippen molar-refractivity contribution in [3.63, 3.8) is 0 Å². The molecule has 0 aromatic rings. The molecule has 0 saturated carbocycles. The molecule has 0 fully saturated rings. The maximum absolute atomic E-state index is 10.0. The molecule has 0 heterocycles. The van der Waals surface area contributed by atoms with Crippen LogP contribution in [0.5, 0.6) is 0 Å². The number of carboxylic acid groups (broad SMARTS) is 1. The topological polar surface area (TPSA) is 37.3 Å². The molecule has 0 saturated heterocycles. The van der Waals surface area contributed by atoms with Gasteiger partial charge in [-0.2, -0.15) is 0 Å². The summed E-state index contributed by atoms with van der Waals surface area (Å²) in [7, 11) is 0. The fourth-order valence-corrected chi connectivity index (χ4v) is 2.87. The molecule has 0 atom stereocenters. The zero-order valence-electron chi connectivity index (χ0n) is 7.13. The second-order valence-electron chi connectivity index (χ2n) is 3.51. The number of halogens is 1. The molecule has 11 heavy (non-hydrogen) atoms. The van der Waals surface area contributed by atoms with Gasteiger partial charge in [0.2, 0.25) is 0 Å². The molecule has 0 amide bonds. The van der Waals surface area contributed by atoms with Gasteiger partial charge in [-0.25, -0.2) is 0 Å². The van der Waals surface area contributed by atoms with Gasteiger partial charge in [0, 0.05) is 0 Å². The Bertz CT molecular complexity index is 149. The zero-order chi connectivity index (χ0) is 8.20. The molecule has 4 heteroatoms. The Kier molecular flexibility index (Phi) is 7.42. The molecule has 1 N–H and O–H groups in total. The summed E-state index contributed by atoms with van der Waals surface area (Å²) in [6, 6.07) is 0. The third-order valence-electron chi connectivity index (χ3n) is 0.991. The van der Waals surface area contributed by atoms with E-state index in [0.29, 0.717) is 0 Å². The van der Waals surface area contributed by atoms with Crippen LogP contribution in [-0.4, -0.2) is 29.5 Å². The van der Waals surface area contributed by atoms with Crippen LogP contribution in [0.25, 0.3) is 0 Å². The van der Waals surface area contributed by atoms with E-state index in [1.54, 1.807) is 6.08 Å². The molecule has 0 aliphatic carbocycles. The summed E-state index contributed by atoms with van der Waals surface area (Å²) in [4.78, 5) is 16.9. The van der Waals surface area contributed by atoms with E-state index in [0.717, 1.165) is 4.44 Å². The van der Waals surface area contributed by atoms with Crippen LogP contribution in [0.15, 0.2) is 12.2 Å². The summed E-state index contributed by atoms with van der Waals surface area (Å²) in [6.07, 6.45) is 3.01. The normalized spacial score (nSPS) is 11.2. The fourth-order valence-electron chi connectivity index (χ4n) is 0.513. The molecule has 0 bridgehead atoms. The summed E-state index contributed by atoms with van der Waals surface area (Å²) in [5.74, 6) is -0.837. The van der Waals surface area contributed by atoms with E-state index in [1.165, 1.54) is 6.08 Å². The summed E-state index contributed by atoms with van der Waals surface area (Å²) in [5, 5.41) is 8.25. The van der Waals surface area contributed by atoms with E-state index in [1.807, 2.05) is 0 Å². The maximum atomic E-state index is 10.0. The molecule has 0 radical (unpaired) electrons. The van der Waals surface area contributed by atoms with Gasteiger partial charge in [0.05, 0.1) is 0 Å². The van der Waals surface area contributed by atoms with Gasteiger partial charge in [0.1, 0.15) is 0 Å². The molecule has 0 aliphatic rings. The summed E-state index contributed by atoms with van der Waals surface area (Å²) >= 11 is -1.72. The van der Waals surface area contributed by atoms with Crippen molar-refractivity contribution in [2.45, 2.75) is 19.3 Å². The zero-order valence-corrected chi connectivity index (χ0v) is 10.8. The van der Waals surface area contributed by atoms with E-state index in [4.69, 9.17) is 5.11 Å². The van der Waals surface area contributed by atoms with Crippen LogP contribution in [0.3, 0.4) is 0 Å². The number of rotatable bonds is 3. The third kappa shape index (κ3) is 13.3. The van der Waals surface area contributed by atoms with Crippen LogP contribution in [0.1, 0.15) is 0 Å². The standard InChI is InChI=1S/C4H5O2.3CH3.ClH.Sn/c1-2-3-4(5)6;;;;;/h2-3H,1H2,(H,5,6);3*1H3;1H;/b3-2+;;;;;. The molecular weight excluding hydrogens is 270 g/mol. The molecule has 66 valence electrons. The second-order valence-corrected chi connectivity index (χ2v) is 19.3. The molecule has 0 unspecified atom stereocenters. The van der Waals surface area contributed by atoms with Crippen LogP contribution in [0, 0.1) is 0 Å². The summed E-state index contributed by atoms with van der Waals surface area (Å²) in [5.41, 5.74) is 0. The molecule has 0 rings (SSSR count). The van der Waals surface area contributed by atoms with Crippen molar-refractivity contribution in [1.82, 2.24) is 0 Å². The summed E-state index contributed by atoms with van der Waals surface area (Å²) < 4.78 is 1.01. The Labute approximate surface area is 78.0 Å². The van der Waals surface area contributed by atoms with Gasteiger partial charge in [-0.1, -0.05) is 0 Å². The second kappa shape index (κ2) is 5.89. The molecule has 0 spiro atoms. The first-order valence-electron chi connectivity index (χ1n) is 3.31. The van der Waals surface area contributed by atoms with Crippen LogP contribution in [-0.2, 0) is 4.79 Å². The van der Waals surface area contributed by atoms with Crippen LogP contribution in [0.4, 0.5) is 0 Å². The van der Waals surface area contributed by atoms with Gasteiger partial charge in [-0.15, -0.1) is 12.4 Å². The number of allylic oxidation sites excluding steroid dienone is 1. The van der Waals surface area contributed by atoms with Crippen molar-refractivity contribution in [1.29, 1.82) is 0 Å². The Balaban J connectivity index is 0. The van der Waals surface area contributed by atoms with Gasteiger partial charge in [-0.05, 0) is 0 Å². The first-order chi connectivity index (χ1) is 4.42. The number of aliphatic carboxylic acids is 1. The van der Waals surface area contributed by atoms with Crippen LogP contribution >= 0.6 is 12.4 Å². The van der Waals surface area contributed by atoms with E-state index >= 15 is 0 Å². The average Bonchev–Trinajstić information content (AvgIpc) is 1.59. The van der Waals surface area contributed by atoms with E-state index < -0.39 is 24.3 Å². The quantitative estimate of drug-likeness (QED) is 0.638. The van der Waals surface area contributed by atoms with Crippen molar-refractivity contribution in [2.75, 3.05) is 0 Å². The Hall–Kier alpha value is 0.299. The minimum absolute atomic E-state index is 0. The van der Waals surface area contributed by atoms with Crippen molar-refractivity contribution in [3.05, 3.63) is 12.2 Å². The van der Waals surface area contributed by atoms with Gasteiger partial charge < -0.3 is 0 Å². The Morgan fingerprint density at radius 2 is 1.91 bits per heavy atom.